The van der Waals surface area contributed by atoms with Crippen LogP contribution in [0.5, 0.6) is 0 Å². The van der Waals surface area contributed by atoms with Crippen molar-refractivity contribution in [3.05, 3.63) is 247 Å². The Morgan fingerprint density at radius 3 is 1.53 bits per heavy atom. The van der Waals surface area contributed by atoms with Crippen LogP contribution in [0.1, 0.15) is 22.3 Å². The monoisotopic (exact) mass is 759 g/mol. The lowest BCUT2D eigenvalue weighted by Crippen LogP contribution is -2.36. The van der Waals surface area contributed by atoms with Gasteiger partial charge in [-0.25, -0.2) is 0 Å². The number of hydrogen-bond acceptors (Lipinski definition) is 1. The number of nitrogens with zero attached hydrogens (tertiary/aromatic N) is 1. The van der Waals surface area contributed by atoms with Crippen molar-refractivity contribution in [2.45, 2.75) is 5.41 Å². The summed E-state index contributed by atoms with van der Waals surface area (Å²) in [5, 5.41) is 9.97. The maximum Gasteiger partial charge on any atom is 0.0725 e. The molecule has 0 N–H and O–H groups in total. The minimum atomic E-state index is -0.550. The van der Waals surface area contributed by atoms with E-state index in [1.807, 2.05) is 0 Å². The van der Waals surface area contributed by atoms with Gasteiger partial charge < -0.3 is 4.90 Å². The summed E-state index contributed by atoms with van der Waals surface area (Å²) in [5.41, 5.74) is 15.8. The number of fused-ring (bicyclic) bond motifs is 10. The van der Waals surface area contributed by atoms with Crippen molar-refractivity contribution < 1.29 is 0 Å². The van der Waals surface area contributed by atoms with Gasteiger partial charge in [0.2, 0.25) is 0 Å². The van der Waals surface area contributed by atoms with E-state index in [2.05, 4.69) is 229 Å². The summed E-state index contributed by atoms with van der Waals surface area (Å²) in [6, 6.07) is 83.9. The van der Waals surface area contributed by atoms with Crippen LogP contribution < -0.4 is 4.90 Å². The van der Waals surface area contributed by atoms with E-state index in [1.54, 1.807) is 0 Å². The van der Waals surface area contributed by atoms with Crippen molar-refractivity contribution in [3.8, 4) is 33.4 Å². The molecular formula is C59H37N. The highest BCUT2D eigenvalue weighted by atomic mass is 15.1. The smallest absolute Gasteiger partial charge is 0.0725 e. The summed E-state index contributed by atoms with van der Waals surface area (Å²) >= 11 is 0. The fraction of sp³-hybridized carbons (Fsp3) is 0.0169. The predicted molar refractivity (Wildman–Crippen MR) is 253 cm³/mol. The highest BCUT2D eigenvalue weighted by Crippen LogP contribution is 2.62. The van der Waals surface area contributed by atoms with Gasteiger partial charge >= 0.3 is 0 Å². The second-order valence-electron chi connectivity index (χ2n) is 16.3. The molecule has 278 valence electrons. The first-order chi connectivity index (χ1) is 29.8. The van der Waals surface area contributed by atoms with Gasteiger partial charge in [-0.15, -0.1) is 0 Å². The van der Waals surface area contributed by atoms with Gasteiger partial charge in [-0.3, -0.25) is 0 Å². The molecule has 0 bridgehead atoms. The van der Waals surface area contributed by atoms with Crippen LogP contribution >= 0.6 is 0 Å². The van der Waals surface area contributed by atoms with Crippen LogP contribution in [0.4, 0.5) is 17.1 Å². The molecule has 60 heavy (non-hydrogen) atoms. The predicted octanol–water partition coefficient (Wildman–Crippen LogP) is 15.8. The van der Waals surface area contributed by atoms with Gasteiger partial charge in [-0.1, -0.05) is 212 Å². The second kappa shape index (κ2) is 12.6. The van der Waals surface area contributed by atoms with Crippen molar-refractivity contribution in [1.82, 2.24) is 0 Å². The topological polar surface area (TPSA) is 3.24 Å². The zero-order chi connectivity index (χ0) is 39.4. The first-order valence-electron chi connectivity index (χ1n) is 20.9. The maximum atomic E-state index is 2.58. The lowest BCUT2D eigenvalue weighted by Gasteiger charge is -2.46. The Balaban J connectivity index is 1.21. The Morgan fingerprint density at radius 2 is 0.750 bits per heavy atom. The first kappa shape index (κ1) is 33.3. The molecule has 0 fully saturated rings. The summed E-state index contributed by atoms with van der Waals surface area (Å²) < 4.78 is 0. The molecule has 11 aromatic rings. The van der Waals surface area contributed by atoms with Gasteiger partial charge in [0.05, 0.1) is 22.5 Å². The van der Waals surface area contributed by atoms with Gasteiger partial charge in [-0.2, -0.15) is 0 Å². The molecule has 0 aromatic heterocycles. The molecule has 1 atom stereocenters. The molecule has 0 saturated heterocycles. The van der Waals surface area contributed by atoms with Crippen LogP contribution in [-0.4, -0.2) is 0 Å². The van der Waals surface area contributed by atoms with Gasteiger partial charge in [0, 0.05) is 21.7 Å². The number of rotatable bonds is 4. The average molecular weight is 760 g/mol. The lowest BCUT2D eigenvalue weighted by atomic mass is 9.55. The second-order valence-corrected chi connectivity index (χ2v) is 16.3. The van der Waals surface area contributed by atoms with E-state index in [-0.39, 0.29) is 0 Å². The Bertz CT molecular complexity index is 3550. The Kier molecular flexibility index (Phi) is 7.00. The third-order valence-corrected chi connectivity index (χ3v) is 13.4. The zero-order valence-electron chi connectivity index (χ0n) is 32.8. The van der Waals surface area contributed by atoms with Gasteiger partial charge in [-0.05, 0) is 89.1 Å². The minimum absolute atomic E-state index is 0.550. The van der Waals surface area contributed by atoms with Crippen LogP contribution in [-0.2, 0) is 5.41 Å². The number of anilines is 3. The Labute approximate surface area is 349 Å². The lowest BCUT2D eigenvalue weighted by molar-refractivity contribution is 0.754. The van der Waals surface area contributed by atoms with Crippen LogP contribution in [0.15, 0.2) is 224 Å². The van der Waals surface area contributed by atoms with Crippen molar-refractivity contribution in [1.29, 1.82) is 0 Å². The molecule has 11 aromatic carbocycles. The first-order valence-corrected chi connectivity index (χ1v) is 20.9. The van der Waals surface area contributed by atoms with E-state index >= 15 is 0 Å². The van der Waals surface area contributed by atoms with Gasteiger partial charge in [0.25, 0.3) is 0 Å². The molecule has 1 heteroatoms. The molecule has 2 aliphatic rings. The summed E-state index contributed by atoms with van der Waals surface area (Å²) in [6.45, 7) is 0. The van der Waals surface area contributed by atoms with Crippen molar-refractivity contribution in [3.63, 3.8) is 0 Å². The van der Waals surface area contributed by atoms with E-state index in [0.29, 0.717) is 0 Å². The summed E-state index contributed by atoms with van der Waals surface area (Å²) in [7, 11) is 0. The molecule has 0 saturated carbocycles. The van der Waals surface area contributed by atoms with Crippen LogP contribution in [0, 0.1) is 0 Å². The summed E-state index contributed by atoms with van der Waals surface area (Å²) in [4.78, 5) is 2.58. The SMILES string of the molecule is c1ccc(-c2ccc3ccccc3c2N(c2cccc3ccccc23)c2ccc3c4c(cccc24)C2(c4ccccc4-c4cccc5cccc2c45)c2ccccc2-3)cc1. The highest BCUT2D eigenvalue weighted by molar-refractivity contribution is 6.17. The molecule has 0 heterocycles. The van der Waals surface area contributed by atoms with Gasteiger partial charge in [0.15, 0.2) is 0 Å². The van der Waals surface area contributed by atoms with E-state index in [1.165, 1.54) is 104 Å². The quantitative estimate of drug-likeness (QED) is 0.173. The molecule has 1 spiro atoms. The fourth-order valence-corrected chi connectivity index (χ4v) is 11.1. The minimum Gasteiger partial charge on any atom is -0.308 e. The van der Waals surface area contributed by atoms with Crippen LogP contribution in [0.2, 0.25) is 0 Å². The molecule has 1 unspecified atom stereocenters. The molecule has 2 aliphatic carbocycles. The van der Waals surface area contributed by atoms with Crippen molar-refractivity contribution >= 4 is 60.2 Å². The number of benzene rings is 11. The normalized spacial score (nSPS) is 14.7. The van der Waals surface area contributed by atoms with E-state index in [4.69, 9.17) is 0 Å². The molecule has 0 aliphatic heterocycles. The third kappa shape index (κ3) is 4.41. The van der Waals surface area contributed by atoms with E-state index in [0.717, 1.165) is 11.4 Å². The summed E-state index contributed by atoms with van der Waals surface area (Å²) in [6.07, 6.45) is 0. The molecule has 0 radical (unpaired) electrons. The zero-order valence-corrected chi connectivity index (χ0v) is 32.8. The molecule has 0 amide bonds. The third-order valence-electron chi connectivity index (χ3n) is 13.4. The molecule has 13 rings (SSSR count). The Hall–Kier alpha value is -7.74. The van der Waals surface area contributed by atoms with Crippen molar-refractivity contribution in [2.24, 2.45) is 0 Å². The fourth-order valence-electron chi connectivity index (χ4n) is 11.1. The van der Waals surface area contributed by atoms with Gasteiger partial charge in [0.1, 0.15) is 0 Å². The average Bonchev–Trinajstić information content (AvgIpc) is 3.32. The van der Waals surface area contributed by atoms with E-state index in [9.17, 15) is 0 Å². The maximum absolute atomic E-state index is 2.58. The van der Waals surface area contributed by atoms with E-state index < -0.39 is 5.41 Å². The largest absolute Gasteiger partial charge is 0.308 e. The molecule has 1 nitrogen and oxygen atoms in total. The number of hydrogen-bond donors (Lipinski definition) is 0. The molecular weight excluding hydrogens is 723 g/mol. The van der Waals surface area contributed by atoms with Crippen LogP contribution in [0.3, 0.4) is 0 Å². The van der Waals surface area contributed by atoms with Crippen LogP contribution in [0.25, 0.3) is 76.5 Å². The Morgan fingerprint density at radius 1 is 0.267 bits per heavy atom. The standard InChI is InChI=1S/C59H37N/c1-2-16-39(17-3-1)44-35-34-40-19-5-7-24-43(40)58(44)60(54-33-14-20-38-18-4-6-23-42(38)54)55-37-36-48-46-26-9-11-30-51(46)59(53-32-15-28-49(55)57(48)53)50-29-10-8-25-45(50)47-27-12-21-41-22-13-31-52(59)56(41)47/h1-37H. The van der Waals surface area contributed by atoms with Crippen molar-refractivity contribution in [2.75, 3.05) is 4.90 Å². The summed E-state index contributed by atoms with van der Waals surface area (Å²) in [5.74, 6) is 0. The highest BCUT2D eigenvalue weighted by Gasteiger charge is 2.48.